The summed E-state index contributed by atoms with van der Waals surface area (Å²) >= 11 is 0. The van der Waals surface area contributed by atoms with Gasteiger partial charge in [0.1, 0.15) is 0 Å². The molecule has 1 fully saturated rings. The van der Waals surface area contributed by atoms with Gasteiger partial charge in [0.05, 0.1) is 5.60 Å². The molecule has 1 aliphatic heterocycles. The van der Waals surface area contributed by atoms with Gasteiger partial charge < -0.3 is 10.0 Å². The zero-order chi connectivity index (χ0) is 17.8. The average Bonchev–Trinajstić information content (AvgIpc) is 2.69. The molecule has 0 saturated carbocycles. The molecule has 1 saturated heterocycles. The van der Waals surface area contributed by atoms with E-state index < -0.39 is 15.8 Å². The van der Waals surface area contributed by atoms with Gasteiger partial charge in [-0.25, -0.2) is 0 Å². The van der Waals surface area contributed by atoms with Gasteiger partial charge in [0.25, 0.3) is 10.2 Å². The molecule has 0 aromatic heterocycles. The second-order valence-electron chi connectivity index (χ2n) is 6.96. The average molecular weight is 356 g/mol. The fraction of sp³-hybridized carbons (Fsp3) is 0.647. The van der Waals surface area contributed by atoms with E-state index in [1.54, 1.807) is 7.05 Å². The van der Waals surface area contributed by atoms with Crippen LogP contribution < -0.4 is 0 Å². The van der Waals surface area contributed by atoms with Crippen LogP contribution in [0.25, 0.3) is 0 Å². The summed E-state index contributed by atoms with van der Waals surface area (Å²) in [6, 6.07) is 9.57. The Labute approximate surface area is 145 Å². The highest BCUT2D eigenvalue weighted by Crippen LogP contribution is 2.25. The molecule has 24 heavy (non-hydrogen) atoms. The number of likely N-dealkylation sites (N-methyl/N-ethyl adjacent to an activating group) is 1. The van der Waals surface area contributed by atoms with E-state index in [4.69, 9.17) is 0 Å². The van der Waals surface area contributed by atoms with E-state index >= 15 is 0 Å². The van der Waals surface area contributed by atoms with Gasteiger partial charge in [0.15, 0.2) is 0 Å². The molecule has 1 aromatic rings. The fourth-order valence-corrected chi connectivity index (χ4v) is 4.64. The third kappa shape index (κ3) is 5.00. The zero-order valence-corrected chi connectivity index (χ0v) is 15.7. The Morgan fingerprint density at radius 1 is 1.12 bits per heavy atom. The smallest absolute Gasteiger partial charge is 0.282 e. The maximum atomic E-state index is 12.8. The van der Waals surface area contributed by atoms with E-state index in [1.165, 1.54) is 8.61 Å². The molecular formula is C17H29N3O3S. The molecule has 6 nitrogen and oxygen atoms in total. The van der Waals surface area contributed by atoms with Crippen LogP contribution in [0.1, 0.15) is 24.8 Å². The van der Waals surface area contributed by atoms with Crippen LogP contribution in [-0.4, -0.2) is 73.4 Å². The van der Waals surface area contributed by atoms with Crippen molar-refractivity contribution in [2.75, 3.05) is 40.8 Å². The first-order valence-corrected chi connectivity index (χ1v) is 9.75. The maximum absolute atomic E-state index is 12.8. The van der Waals surface area contributed by atoms with Gasteiger partial charge in [-0.2, -0.15) is 17.0 Å². The summed E-state index contributed by atoms with van der Waals surface area (Å²) in [6.07, 6.45) is 1.76. The lowest BCUT2D eigenvalue weighted by molar-refractivity contribution is 0.00399. The first-order valence-electron chi connectivity index (χ1n) is 8.35. The van der Waals surface area contributed by atoms with E-state index in [1.807, 2.05) is 49.3 Å². The Morgan fingerprint density at radius 2 is 1.79 bits per heavy atom. The molecule has 0 amide bonds. The lowest BCUT2D eigenvalue weighted by atomic mass is 9.94. The fourth-order valence-electron chi connectivity index (χ4n) is 3.25. The van der Waals surface area contributed by atoms with Crippen molar-refractivity contribution in [3.8, 4) is 0 Å². The highest BCUT2D eigenvalue weighted by molar-refractivity contribution is 7.86. The predicted octanol–water partition coefficient (Wildman–Crippen LogP) is 1.14. The van der Waals surface area contributed by atoms with Gasteiger partial charge in [-0.3, -0.25) is 0 Å². The quantitative estimate of drug-likeness (QED) is 0.831. The van der Waals surface area contributed by atoms with Crippen LogP contribution in [0.5, 0.6) is 0 Å². The van der Waals surface area contributed by atoms with Crippen LogP contribution in [0, 0.1) is 0 Å². The van der Waals surface area contributed by atoms with Gasteiger partial charge in [0, 0.05) is 33.2 Å². The molecule has 1 N–H and O–H groups in total. The number of aliphatic hydroxyl groups is 1. The summed E-state index contributed by atoms with van der Waals surface area (Å²) in [4.78, 5) is 1.95. The van der Waals surface area contributed by atoms with Crippen molar-refractivity contribution < 1.29 is 13.5 Å². The number of hydrogen-bond donors (Lipinski definition) is 1. The van der Waals surface area contributed by atoms with E-state index in [2.05, 4.69) is 0 Å². The summed E-state index contributed by atoms with van der Waals surface area (Å²) < 4.78 is 28.6. The molecule has 0 radical (unpaired) electrons. The number of benzene rings is 1. The lowest BCUT2D eigenvalue weighted by Crippen LogP contribution is -2.44. The highest BCUT2D eigenvalue weighted by Gasteiger charge is 2.35. The normalized spacial score (nSPS) is 23.6. The molecule has 0 spiro atoms. The molecule has 7 heteroatoms. The summed E-state index contributed by atoms with van der Waals surface area (Å²) in [7, 11) is 1.93. The van der Waals surface area contributed by atoms with Gasteiger partial charge in [-0.05, 0) is 38.9 Å². The topological polar surface area (TPSA) is 64.1 Å². The Bertz CT molecular complexity index is 621. The minimum Gasteiger partial charge on any atom is -0.389 e. The second-order valence-corrected chi connectivity index (χ2v) is 9.00. The minimum atomic E-state index is -3.52. The van der Waals surface area contributed by atoms with Gasteiger partial charge in [0.2, 0.25) is 0 Å². The van der Waals surface area contributed by atoms with E-state index in [-0.39, 0.29) is 0 Å². The Hall–Kier alpha value is -0.990. The van der Waals surface area contributed by atoms with Crippen molar-refractivity contribution in [3.63, 3.8) is 0 Å². The third-order valence-corrected chi connectivity index (χ3v) is 6.39. The maximum Gasteiger partial charge on any atom is 0.282 e. The van der Waals surface area contributed by atoms with Crippen LogP contribution in [0.4, 0.5) is 0 Å². The summed E-state index contributed by atoms with van der Waals surface area (Å²) in [5, 5.41) is 10.7. The molecule has 2 rings (SSSR count). The van der Waals surface area contributed by atoms with Crippen LogP contribution in [0.15, 0.2) is 30.3 Å². The zero-order valence-electron chi connectivity index (χ0n) is 14.9. The molecule has 0 bridgehead atoms. The predicted molar refractivity (Wildman–Crippen MR) is 95.8 cm³/mol. The Morgan fingerprint density at radius 3 is 2.42 bits per heavy atom. The molecule has 1 atom stereocenters. The Balaban J connectivity index is 2.04. The summed E-state index contributed by atoms with van der Waals surface area (Å²) in [5.74, 6) is 0. The van der Waals surface area contributed by atoms with Crippen LogP contribution in [-0.2, 0) is 16.8 Å². The van der Waals surface area contributed by atoms with Crippen molar-refractivity contribution in [3.05, 3.63) is 35.9 Å². The second kappa shape index (κ2) is 7.93. The van der Waals surface area contributed by atoms with Crippen LogP contribution >= 0.6 is 0 Å². The van der Waals surface area contributed by atoms with Crippen molar-refractivity contribution >= 4 is 10.2 Å². The SMILES string of the molecule is CN(C)CC1(O)CCCN(S(=O)(=O)N(C)Cc2ccccc2)CC1. The van der Waals surface area contributed by atoms with Gasteiger partial charge >= 0.3 is 0 Å². The molecule has 1 unspecified atom stereocenters. The van der Waals surface area contributed by atoms with E-state index in [9.17, 15) is 13.5 Å². The summed E-state index contributed by atoms with van der Waals surface area (Å²) in [5.41, 5.74) is 0.147. The number of rotatable bonds is 6. The van der Waals surface area contributed by atoms with Crippen molar-refractivity contribution in [2.24, 2.45) is 0 Å². The van der Waals surface area contributed by atoms with Crippen LogP contribution in [0.2, 0.25) is 0 Å². The molecule has 136 valence electrons. The number of hydrogen-bond acceptors (Lipinski definition) is 4. The van der Waals surface area contributed by atoms with Crippen molar-refractivity contribution in [1.29, 1.82) is 0 Å². The van der Waals surface area contributed by atoms with Gasteiger partial charge in [-0.1, -0.05) is 30.3 Å². The van der Waals surface area contributed by atoms with Gasteiger partial charge in [-0.15, -0.1) is 0 Å². The Kier molecular flexibility index (Phi) is 6.39. The lowest BCUT2D eigenvalue weighted by Gasteiger charge is -2.30. The largest absolute Gasteiger partial charge is 0.389 e. The number of nitrogens with zero attached hydrogens (tertiary/aromatic N) is 3. The standard InChI is InChI=1S/C17H29N3O3S/c1-18(2)15-17(21)10-7-12-20(13-11-17)24(22,23)19(3)14-16-8-5-4-6-9-16/h4-6,8-9,21H,7,10-15H2,1-3H3. The van der Waals surface area contributed by atoms with Crippen molar-refractivity contribution in [2.45, 2.75) is 31.4 Å². The van der Waals surface area contributed by atoms with Crippen molar-refractivity contribution in [1.82, 2.24) is 13.5 Å². The first-order chi connectivity index (χ1) is 11.2. The van der Waals surface area contributed by atoms with E-state index in [0.29, 0.717) is 45.4 Å². The minimum absolute atomic E-state index is 0.349. The molecule has 1 aliphatic rings. The molecular weight excluding hydrogens is 326 g/mol. The van der Waals surface area contributed by atoms with E-state index in [0.717, 1.165) is 5.56 Å². The molecule has 1 aromatic carbocycles. The monoisotopic (exact) mass is 355 g/mol. The van der Waals surface area contributed by atoms with Crippen LogP contribution in [0.3, 0.4) is 0 Å². The third-order valence-electron chi connectivity index (χ3n) is 4.45. The summed E-state index contributed by atoms with van der Waals surface area (Å²) in [6.45, 7) is 1.71. The first kappa shape index (κ1) is 19.3. The highest BCUT2D eigenvalue weighted by atomic mass is 32.2. The molecule has 0 aliphatic carbocycles. The molecule has 1 heterocycles.